The second kappa shape index (κ2) is 12.4. The summed E-state index contributed by atoms with van der Waals surface area (Å²) in [6.07, 6.45) is 6.46. The van der Waals surface area contributed by atoms with Gasteiger partial charge in [-0.2, -0.15) is 0 Å². The molecule has 0 saturated carbocycles. The van der Waals surface area contributed by atoms with Crippen molar-refractivity contribution in [1.29, 1.82) is 5.41 Å². The van der Waals surface area contributed by atoms with Crippen molar-refractivity contribution in [1.82, 2.24) is 10.6 Å². The van der Waals surface area contributed by atoms with Gasteiger partial charge in [-0.3, -0.25) is 10.7 Å². The minimum atomic E-state index is -0.250. The lowest BCUT2D eigenvalue weighted by Gasteiger charge is -2.23. The zero-order chi connectivity index (χ0) is 33.9. The Kier molecular flexibility index (Phi) is 7.34. The number of ether oxygens (including phenoxy) is 1. The SMILES string of the molecule is N=C(NC(NCc1ccc2c(c1)sc1ccccc12)c1ccccc1)c1ccc2c(c1)C1C=C(c3cccc4c3sc3ccccc34)C=CC1O2. The fraction of sp³-hybridized carbons (Fsp3) is 0.0889. The fourth-order valence-electron chi connectivity index (χ4n) is 7.64. The Balaban J connectivity index is 0.921. The van der Waals surface area contributed by atoms with Crippen LogP contribution in [0.25, 0.3) is 45.9 Å². The van der Waals surface area contributed by atoms with Gasteiger partial charge in [-0.25, -0.2) is 0 Å². The van der Waals surface area contributed by atoms with Crippen LogP contribution in [0.4, 0.5) is 0 Å². The second-order valence-corrected chi connectivity index (χ2v) is 15.4. The maximum Gasteiger partial charge on any atom is 0.128 e. The van der Waals surface area contributed by atoms with Gasteiger partial charge in [0.2, 0.25) is 0 Å². The van der Waals surface area contributed by atoms with E-state index < -0.39 is 0 Å². The van der Waals surface area contributed by atoms with Gasteiger partial charge in [0, 0.05) is 63.9 Å². The Morgan fingerprint density at radius 1 is 0.706 bits per heavy atom. The highest BCUT2D eigenvalue weighted by Gasteiger charge is 2.34. The zero-order valence-electron chi connectivity index (χ0n) is 27.6. The molecule has 0 saturated heterocycles. The predicted octanol–water partition coefficient (Wildman–Crippen LogP) is 11.3. The molecule has 10 rings (SSSR count). The molecule has 3 heterocycles. The molecule has 246 valence electrons. The summed E-state index contributed by atoms with van der Waals surface area (Å²) in [4.78, 5) is 0. The third-order valence-electron chi connectivity index (χ3n) is 10.2. The highest BCUT2D eigenvalue weighted by molar-refractivity contribution is 7.26. The molecule has 8 aromatic rings. The first-order chi connectivity index (χ1) is 25.2. The maximum absolute atomic E-state index is 9.26. The average molecular weight is 696 g/mol. The van der Waals surface area contributed by atoms with Crippen molar-refractivity contribution in [2.45, 2.75) is 24.7 Å². The molecule has 2 aliphatic rings. The van der Waals surface area contributed by atoms with Gasteiger partial charge in [0.15, 0.2) is 0 Å². The van der Waals surface area contributed by atoms with Gasteiger partial charge in [0.25, 0.3) is 0 Å². The van der Waals surface area contributed by atoms with Crippen molar-refractivity contribution in [3.63, 3.8) is 0 Å². The van der Waals surface area contributed by atoms with Crippen LogP contribution < -0.4 is 15.4 Å². The van der Waals surface area contributed by atoms with E-state index in [-0.39, 0.29) is 18.2 Å². The number of benzene rings is 6. The Morgan fingerprint density at radius 2 is 1.45 bits per heavy atom. The number of hydrogen-bond acceptors (Lipinski definition) is 5. The summed E-state index contributed by atoms with van der Waals surface area (Å²) in [5.41, 5.74) is 6.72. The lowest BCUT2D eigenvalue weighted by Crippen LogP contribution is -2.38. The van der Waals surface area contributed by atoms with Crippen molar-refractivity contribution in [2.24, 2.45) is 0 Å². The smallest absolute Gasteiger partial charge is 0.128 e. The molecule has 1 aliphatic heterocycles. The van der Waals surface area contributed by atoms with Gasteiger partial charge in [-0.05, 0) is 64.7 Å². The van der Waals surface area contributed by atoms with E-state index in [1.54, 1.807) is 0 Å². The summed E-state index contributed by atoms with van der Waals surface area (Å²) in [6, 6.07) is 47.1. The average Bonchev–Trinajstić information content (AvgIpc) is 3.87. The number of allylic oxidation sites excluding steroid dienone is 2. The largest absolute Gasteiger partial charge is 0.485 e. The summed E-state index contributed by atoms with van der Waals surface area (Å²) < 4.78 is 11.6. The lowest BCUT2D eigenvalue weighted by molar-refractivity contribution is 0.269. The van der Waals surface area contributed by atoms with Gasteiger partial charge < -0.3 is 10.1 Å². The highest BCUT2D eigenvalue weighted by atomic mass is 32.1. The van der Waals surface area contributed by atoms with E-state index in [1.807, 2.05) is 53.0 Å². The number of thiophene rings is 2. The Bertz CT molecular complexity index is 2700. The molecule has 2 aromatic heterocycles. The van der Waals surface area contributed by atoms with E-state index >= 15 is 0 Å². The molecular formula is C45H33N3OS2. The summed E-state index contributed by atoms with van der Waals surface area (Å²) in [5, 5.41) is 21.7. The first-order valence-corrected chi connectivity index (χ1v) is 18.9. The van der Waals surface area contributed by atoms with Gasteiger partial charge in [0.05, 0.1) is 0 Å². The van der Waals surface area contributed by atoms with Crippen LogP contribution in [0.3, 0.4) is 0 Å². The van der Waals surface area contributed by atoms with E-state index in [9.17, 15) is 5.41 Å². The van der Waals surface area contributed by atoms with Crippen molar-refractivity contribution in [2.75, 3.05) is 0 Å². The minimum Gasteiger partial charge on any atom is -0.485 e. The molecule has 0 spiro atoms. The van der Waals surface area contributed by atoms with Crippen LogP contribution in [-0.4, -0.2) is 11.9 Å². The van der Waals surface area contributed by atoms with Crippen LogP contribution in [0.2, 0.25) is 0 Å². The summed E-state index contributed by atoms with van der Waals surface area (Å²) in [6.45, 7) is 0.665. The number of fused-ring (bicyclic) bond motifs is 9. The quantitative estimate of drug-likeness (QED) is 0.0884. The number of nitrogens with one attached hydrogen (secondary N) is 3. The van der Waals surface area contributed by atoms with Gasteiger partial charge in [-0.15, -0.1) is 22.7 Å². The molecule has 6 aromatic carbocycles. The third kappa shape index (κ3) is 5.35. The molecule has 0 radical (unpaired) electrons. The predicted molar refractivity (Wildman–Crippen MR) is 215 cm³/mol. The van der Waals surface area contributed by atoms with E-state index in [0.717, 1.165) is 22.4 Å². The van der Waals surface area contributed by atoms with Crippen LogP contribution in [0.15, 0.2) is 152 Å². The van der Waals surface area contributed by atoms with E-state index in [0.29, 0.717) is 12.4 Å². The first-order valence-electron chi connectivity index (χ1n) is 17.3. The molecular weight excluding hydrogens is 663 g/mol. The molecule has 0 amide bonds. The zero-order valence-corrected chi connectivity index (χ0v) is 29.2. The molecule has 0 bridgehead atoms. The van der Waals surface area contributed by atoms with E-state index in [1.165, 1.54) is 57.0 Å². The van der Waals surface area contributed by atoms with Crippen LogP contribution in [0.1, 0.15) is 39.9 Å². The lowest BCUT2D eigenvalue weighted by atomic mass is 9.86. The normalized spacial score (nSPS) is 17.0. The number of amidine groups is 1. The summed E-state index contributed by atoms with van der Waals surface area (Å²) >= 11 is 3.69. The van der Waals surface area contributed by atoms with Crippen LogP contribution >= 0.6 is 22.7 Å². The van der Waals surface area contributed by atoms with E-state index in [4.69, 9.17) is 4.74 Å². The number of rotatable bonds is 7. The summed E-state index contributed by atoms with van der Waals surface area (Å²) in [5.74, 6) is 1.33. The molecule has 6 heteroatoms. The molecule has 4 nitrogen and oxygen atoms in total. The molecule has 3 unspecified atom stereocenters. The van der Waals surface area contributed by atoms with Gasteiger partial charge >= 0.3 is 0 Å². The minimum absolute atomic E-state index is 0.0558. The van der Waals surface area contributed by atoms with Crippen LogP contribution in [0, 0.1) is 5.41 Å². The Labute approximate surface area is 303 Å². The third-order valence-corrected chi connectivity index (χ3v) is 12.5. The van der Waals surface area contributed by atoms with E-state index in [2.05, 4.69) is 132 Å². The van der Waals surface area contributed by atoms with Crippen LogP contribution in [0.5, 0.6) is 5.75 Å². The van der Waals surface area contributed by atoms with Crippen molar-refractivity contribution >= 4 is 74.4 Å². The van der Waals surface area contributed by atoms with Gasteiger partial charge in [0.1, 0.15) is 23.9 Å². The van der Waals surface area contributed by atoms with Crippen molar-refractivity contribution < 1.29 is 4.74 Å². The van der Waals surface area contributed by atoms with Gasteiger partial charge in [-0.1, -0.05) is 109 Å². The van der Waals surface area contributed by atoms with Crippen molar-refractivity contribution in [3.8, 4) is 5.75 Å². The first kappa shape index (κ1) is 30.3. The monoisotopic (exact) mass is 695 g/mol. The molecule has 51 heavy (non-hydrogen) atoms. The fourth-order valence-corrected chi connectivity index (χ4v) is 10.0. The highest BCUT2D eigenvalue weighted by Crippen LogP contribution is 2.46. The summed E-state index contributed by atoms with van der Waals surface area (Å²) in [7, 11) is 0. The molecule has 1 aliphatic carbocycles. The maximum atomic E-state index is 9.26. The molecule has 3 N–H and O–H groups in total. The second-order valence-electron chi connectivity index (χ2n) is 13.3. The molecule has 3 atom stereocenters. The van der Waals surface area contributed by atoms with Crippen molar-refractivity contribution in [3.05, 3.63) is 180 Å². The van der Waals surface area contributed by atoms with Crippen LogP contribution in [-0.2, 0) is 6.54 Å². The Hall–Kier alpha value is -5.53. The molecule has 0 fully saturated rings. The Morgan fingerprint density at radius 3 is 2.31 bits per heavy atom. The number of hydrogen-bond donors (Lipinski definition) is 3. The standard InChI is InChI=1S/C45H33N3OS2/c46-44(48-45(28-9-2-1-3-10-28)47-26-27-17-20-34-32-11-4-6-15-40(32)50-42(34)23-27)30-19-22-39-37(25-30)36-24-29(18-21-38(36)49-39)31-13-8-14-35-33-12-5-7-16-41(33)51-43(31)35/h1-25,36,38,45,47H,26H2,(H2,46,48). The topological polar surface area (TPSA) is 57.1 Å².